The van der Waals surface area contributed by atoms with Gasteiger partial charge >= 0.3 is 0 Å². The summed E-state index contributed by atoms with van der Waals surface area (Å²) in [5.41, 5.74) is 0.206. The van der Waals surface area contributed by atoms with E-state index in [2.05, 4.69) is 17.6 Å². The fraction of sp³-hybridized carbons (Fsp3) is 0.533. The summed E-state index contributed by atoms with van der Waals surface area (Å²) >= 11 is 0. The van der Waals surface area contributed by atoms with Gasteiger partial charge in [0.1, 0.15) is 11.6 Å². The Bertz CT molecular complexity index is 517. The van der Waals surface area contributed by atoms with Crippen LogP contribution in [-0.2, 0) is 0 Å². The van der Waals surface area contributed by atoms with E-state index in [1.165, 1.54) is 13.0 Å². The number of hydrogen-bond donors (Lipinski definition) is 2. The van der Waals surface area contributed by atoms with Crippen molar-refractivity contribution >= 4 is 18.3 Å². The monoisotopic (exact) mass is 318 g/mol. The molecule has 1 fully saturated rings. The van der Waals surface area contributed by atoms with Gasteiger partial charge in [0.05, 0.1) is 5.56 Å². The molecule has 21 heavy (non-hydrogen) atoms. The highest BCUT2D eigenvalue weighted by atomic mass is 35.5. The second-order valence-electron chi connectivity index (χ2n) is 5.82. The van der Waals surface area contributed by atoms with Gasteiger partial charge in [-0.2, -0.15) is 0 Å². The van der Waals surface area contributed by atoms with Crippen LogP contribution in [0.15, 0.2) is 12.1 Å². The molecule has 1 saturated heterocycles. The quantitative estimate of drug-likeness (QED) is 0.900. The van der Waals surface area contributed by atoms with E-state index in [-0.39, 0.29) is 28.9 Å². The number of aryl methyl sites for hydroxylation is 1. The molecule has 1 aliphatic rings. The standard InChI is InChI=1S/C15H20F2N2O.ClH/c1-10-7-11(13(17)8-12(10)16)14(20)19-9-15(2)3-5-18-6-4-15;/h7-8,18H,3-6,9H2,1-2H3,(H,19,20);1H. The first-order valence-electron chi connectivity index (χ1n) is 6.86. The first-order chi connectivity index (χ1) is 9.41. The first-order valence-corrected chi connectivity index (χ1v) is 6.86. The van der Waals surface area contributed by atoms with Crippen LogP contribution in [0.2, 0.25) is 0 Å². The van der Waals surface area contributed by atoms with Crippen molar-refractivity contribution in [3.63, 3.8) is 0 Å². The van der Waals surface area contributed by atoms with Crippen LogP contribution in [0, 0.1) is 24.0 Å². The molecule has 0 aromatic heterocycles. The summed E-state index contributed by atoms with van der Waals surface area (Å²) in [5, 5.41) is 6.04. The first kappa shape index (κ1) is 17.9. The van der Waals surface area contributed by atoms with Gasteiger partial charge in [-0.25, -0.2) is 8.78 Å². The Morgan fingerprint density at radius 1 is 1.29 bits per heavy atom. The molecular weight excluding hydrogens is 298 g/mol. The summed E-state index contributed by atoms with van der Waals surface area (Å²) < 4.78 is 26.8. The molecule has 1 heterocycles. The summed E-state index contributed by atoms with van der Waals surface area (Å²) in [4.78, 5) is 12.0. The lowest BCUT2D eigenvalue weighted by molar-refractivity contribution is 0.0918. The van der Waals surface area contributed by atoms with Crippen LogP contribution in [0.5, 0.6) is 0 Å². The largest absolute Gasteiger partial charge is 0.351 e. The number of hydrogen-bond acceptors (Lipinski definition) is 2. The van der Waals surface area contributed by atoms with Crippen molar-refractivity contribution in [2.75, 3.05) is 19.6 Å². The number of amides is 1. The molecule has 2 N–H and O–H groups in total. The number of carbonyl (C=O) groups is 1. The van der Waals surface area contributed by atoms with Crippen LogP contribution in [0.3, 0.4) is 0 Å². The summed E-state index contributed by atoms with van der Waals surface area (Å²) in [6.07, 6.45) is 1.94. The maximum absolute atomic E-state index is 13.6. The molecule has 1 amide bonds. The fourth-order valence-electron chi connectivity index (χ4n) is 2.43. The number of halogens is 3. The average molecular weight is 319 g/mol. The van der Waals surface area contributed by atoms with Gasteiger partial charge in [0.2, 0.25) is 0 Å². The van der Waals surface area contributed by atoms with Crippen molar-refractivity contribution in [3.8, 4) is 0 Å². The average Bonchev–Trinajstić information content (AvgIpc) is 2.41. The van der Waals surface area contributed by atoms with Crippen molar-refractivity contribution in [1.82, 2.24) is 10.6 Å². The lowest BCUT2D eigenvalue weighted by Crippen LogP contribution is -2.43. The third-order valence-electron chi connectivity index (χ3n) is 3.98. The molecule has 118 valence electrons. The van der Waals surface area contributed by atoms with Crippen LogP contribution in [0.1, 0.15) is 35.7 Å². The second kappa shape index (κ2) is 7.18. The topological polar surface area (TPSA) is 41.1 Å². The predicted octanol–water partition coefficient (Wildman–Crippen LogP) is 2.81. The van der Waals surface area contributed by atoms with Gasteiger partial charge in [0.15, 0.2) is 0 Å². The zero-order chi connectivity index (χ0) is 14.8. The fourth-order valence-corrected chi connectivity index (χ4v) is 2.43. The molecule has 3 nitrogen and oxygen atoms in total. The minimum Gasteiger partial charge on any atom is -0.351 e. The van der Waals surface area contributed by atoms with E-state index in [0.717, 1.165) is 32.0 Å². The number of rotatable bonds is 3. The molecule has 0 aliphatic carbocycles. The van der Waals surface area contributed by atoms with E-state index in [0.29, 0.717) is 6.54 Å². The third kappa shape index (κ3) is 4.38. The van der Waals surface area contributed by atoms with Crippen molar-refractivity contribution in [3.05, 3.63) is 34.9 Å². The van der Waals surface area contributed by atoms with Gasteiger partial charge in [-0.15, -0.1) is 12.4 Å². The van der Waals surface area contributed by atoms with Crippen molar-refractivity contribution in [2.24, 2.45) is 5.41 Å². The van der Waals surface area contributed by atoms with E-state index in [1.807, 2.05) is 0 Å². The number of piperidine rings is 1. The normalized spacial score (nSPS) is 17.0. The summed E-state index contributed by atoms with van der Waals surface area (Å²) in [6, 6.07) is 2.02. The number of carbonyl (C=O) groups excluding carboxylic acids is 1. The Labute approximate surface area is 129 Å². The molecule has 0 unspecified atom stereocenters. The van der Waals surface area contributed by atoms with E-state index in [9.17, 15) is 13.6 Å². The summed E-state index contributed by atoms with van der Waals surface area (Å²) in [7, 11) is 0. The molecule has 0 radical (unpaired) electrons. The lowest BCUT2D eigenvalue weighted by Gasteiger charge is -2.34. The van der Waals surface area contributed by atoms with E-state index in [4.69, 9.17) is 0 Å². The Hall–Kier alpha value is -1.20. The minimum absolute atomic E-state index is 0. The molecular formula is C15H21ClF2N2O. The molecule has 0 bridgehead atoms. The molecule has 2 rings (SSSR count). The van der Waals surface area contributed by atoms with Gasteiger partial charge in [0.25, 0.3) is 5.91 Å². The Morgan fingerprint density at radius 3 is 2.52 bits per heavy atom. The Kier molecular flexibility index (Phi) is 6.10. The molecule has 0 spiro atoms. The van der Waals surface area contributed by atoms with Gasteiger partial charge in [-0.1, -0.05) is 6.92 Å². The van der Waals surface area contributed by atoms with Crippen molar-refractivity contribution < 1.29 is 13.6 Å². The molecule has 6 heteroatoms. The zero-order valence-corrected chi connectivity index (χ0v) is 13.1. The highest BCUT2D eigenvalue weighted by Crippen LogP contribution is 2.26. The van der Waals surface area contributed by atoms with Crippen molar-refractivity contribution in [1.29, 1.82) is 0 Å². The molecule has 0 atom stereocenters. The molecule has 1 aromatic rings. The third-order valence-corrected chi connectivity index (χ3v) is 3.98. The lowest BCUT2D eigenvalue weighted by atomic mass is 9.81. The highest BCUT2D eigenvalue weighted by molar-refractivity contribution is 5.94. The van der Waals surface area contributed by atoms with Crippen LogP contribution in [-0.4, -0.2) is 25.5 Å². The van der Waals surface area contributed by atoms with E-state index >= 15 is 0 Å². The van der Waals surface area contributed by atoms with Crippen LogP contribution in [0.25, 0.3) is 0 Å². The van der Waals surface area contributed by atoms with Gasteiger partial charge in [0, 0.05) is 12.6 Å². The smallest absolute Gasteiger partial charge is 0.254 e. The van der Waals surface area contributed by atoms with Crippen LogP contribution >= 0.6 is 12.4 Å². The van der Waals surface area contributed by atoms with E-state index < -0.39 is 17.5 Å². The van der Waals surface area contributed by atoms with Gasteiger partial charge in [-0.3, -0.25) is 4.79 Å². The Morgan fingerprint density at radius 2 is 1.90 bits per heavy atom. The van der Waals surface area contributed by atoms with Crippen LogP contribution in [0.4, 0.5) is 8.78 Å². The highest BCUT2D eigenvalue weighted by Gasteiger charge is 2.27. The minimum atomic E-state index is -0.818. The SMILES string of the molecule is Cc1cc(C(=O)NCC2(C)CCNCC2)c(F)cc1F.Cl. The molecule has 0 saturated carbocycles. The maximum Gasteiger partial charge on any atom is 0.254 e. The number of benzene rings is 1. The van der Waals surface area contributed by atoms with Crippen LogP contribution < -0.4 is 10.6 Å². The summed E-state index contributed by atoms with van der Waals surface area (Å²) in [5.74, 6) is -1.93. The van der Waals surface area contributed by atoms with Gasteiger partial charge < -0.3 is 10.6 Å². The predicted molar refractivity (Wildman–Crippen MR) is 80.9 cm³/mol. The molecule has 1 aromatic carbocycles. The van der Waals surface area contributed by atoms with E-state index in [1.54, 1.807) is 0 Å². The molecule has 1 aliphatic heterocycles. The van der Waals surface area contributed by atoms with Crippen molar-refractivity contribution in [2.45, 2.75) is 26.7 Å². The number of nitrogens with one attached hydrogen (secondary N) is 2. The Balaban J connectivity index is 0.00000220. The second-order valence-corrected chi connectivity index (χ2v) is 5.82. The van der Waals surface area contributed by atoms with Gasteiger partial charge in [-0.05, 0) is 49.9 Å². The summed E-state index contributed by atoms with van der Waals surface area (Å²) in [6.45, 7) is 5.98. The maximum atomic E-state index is 13.6. The zero-order valence-electron chi connectivity index (χ0n) is 12.3.